The van der Waals surface area contributed by atoms with E-state index in [2.05, 4.69) is 10.1 Å². The molecule has 0 atom stereocenters. The van der Waals surface area contributed by atoms with Crippen molar-refractivity contribution in [2.24, 2.45) is 10.1 Å². The van der Waals surface area contributed by atoms with E-state index in [1.807, 2.05) is 6.92 Å². The summed E-state index contributed by atoms with van der Waals surface area (Å²) in [6.07, 6.45) is 0.966. The van der Waals surface area contributed by atoms with Crippen LogP contribution >= 0.6 is 11.6 Å². The molecule has 6 heteroatoms. The molecule has 1 aromatic carbocycles. The number of nitrogens with zero attached hydrogens (tertiary/aromatic N) is 2. The second-order valence-corrected chi connectivity index (χ2v) is 3.19. The van der Waals surface area contributed by atoms with Crippen molar-refractivity contribution in [2.45, 2.75) is 6.92 Å². The Balaban J connectivity index is 3.01. The van der Waals surface area contributed by atoms with E-state index in [1.54, 1.807) is 23.7 Å². The van der Waals surface area contributed by atoms with Crippen molar-refractivity contribution >= 4 is 29.3 Å². The van der Waals surface area contributed by atoms with Crippen LogP contribution in [0.25, 0.3) is 0 Å². The lowest BCUT2D eigenvalue weighted by Crippen LogP contribution is -2.19. The van der Waals surface area contributed by atoms with Crippen LogP contribution in [0.3, 0.4) is 0 Å². The van der Waals surface area contributed by atoms with Gasteiger partial charge in [-0.3, -0.25) is 10.7 Å². The van der Waals surface area contributed by atoms with Gasteiger partial charge in [0.15, 0.2) is 5.84 Å². The third kappa shape index (κ3) is 3.23. The number of amidine groups is 1. The highest BCUT2D eigenvalue weighted by Gasteiger charge is 1.98. The molecule has 0 bridgehead atoms. The zero-order chi connectivity index (χ0) is 11.3. The summed E-state index contributed by atoms with van der Waals surface area (Å²) in [6.45, 7) is 1.87. The van der Waals surface area contributed by atoms with E-state index in [9.17, 15) is 0 Å². The summed E-state index contributed by atoms with van der Waals surface area (Å²) in [7, 11) is 0. The summed E-state index contributed by atoms with van der Waals surface area (Å²) in [5.41, 5.74) is 3.26. The molecule has 0 fully saturated rings. The zero-order valence-corrected chi connectivity index (χ0v) is 8.73. The molecule has 0 saturated heterocycles. The Bertz CT molecular complexity index is 404. The van der Waals surface area contributed by atoms with Crippen LogP contribution in [0.2, 0.25) is 5.02 Å². The van der Waals surface area contributed by atoms with E-state index in [4.69, 9.17) is 22.0 Å². The number of hydrogen-bond acceptors (Lipinski definition) is 4. The van der Waals surface area contributed by atoms with Gasteiger partial charge in [-0.15, -0.1) is 0 Å². The number of hydrogen-bond donors (Lipinski definition) is 3. The summed E-state index contributed by atoms with van der Waals surface area (Å²) >= 11 is 5.88. The van der Waals surface area contributed by atoms with E-state index in [0.29, 0.717) is 10.7 Å². The Morgan fingerprint density at radius 2 is 2.27 bits per heavy atom. The van der Waals surface area contributed by atoms with Gasteiger partial charge in [0.25, 0.3) is 0 Å². The summed E-state index contributed by atoms with van der Waals surface area (Å²) in [5.74, 6) is 0.0115. The molecule has 0 heterocycles. The number of halogens is 1. The molecule has 0 unspecified atom stereocenters. The topological polar surface area (TPSA) is 77.2 Å². The molecular formula is C9H10ClN3O2. The Kier molecular flexibility index (Phi) is 4.08. The van der Waals surface area contributed by atoms with Gasteiger partial charge in [-0.1, -0.05) is 22.8 Å². The summed E-state index contributed by atoms with van der Waals surface area (Å²) in [5, 5.41) is 20.2. The third-order valence-electron chi connectivity index (χ3n) is 1.70. The fourth-order valence-corrected chi connectivity index (χ4v) is 1.10. The van der Waals surface area contributed by atoms with Crippen molar-refractivity contribution in [1.29, 1.82) is 0 Å². The lowest BCUT2D eigenvalue weighted by atomic mass is 10.2. The molecule has 0 saturated carbocycles. The Labute approximate surface area is 91.7 Å². The van der Waals surface area contributed by atoms with Crippen molar-refractivity contribution in [3.8, 4) is 0 Å². The van der Waals surface area contributed by atoms with Crippen molar-refractivity contribution in [3.05, 3.63) is 28.8 Å². The summed E-state index contributed by atoms with van der Waals surface area (Å²) in [4.78, 5) is 3.93. The number of nitrogens with one attached hydrogen (secondary N) is 1. The Morgan fingerprint density at radius 3 is 2.80 bits per heavy atom. The van der Waals surface area contributed by atoms with Crippen LogP contribution in [-0.4, -0.2) is 22.5 Å². The van der Waals surface area contributed by atoms with Crippen LogP contribution in [0.1, 0.15) is 5.56 Å². The minimum atomic E-state index is 0.0115. The third-order valence-corrected chi connectivity index (χ3v) is 2.11. The van der Waals surface area contributed by atoms with E-state index in [0.717, 1.165) is 11.8 Å². The van der Waals surface area contributed by atoms with Crippen LogP contribution < -0.4 is 5.48 Å². The smallest absolute Gasteiger partial charge is 0.172 e. The maximum atomic E-state index is 8.63. The fourth-order valence-electron chi connectivity index (χ4n) is 0.928. The number of hydroxylamine groups is 1. The van der Waals surface area contributed by atoms with Gasteiger partial charge >= 0.3 is 0 Å². The first kappa shape index (κ1) is 11.5. The largest absolute Gasteiger partial charge is 0.411 e. The molecule has 80 valence electrons. The molecule has 15 heavy (non-hydrogen) atoms. The van der Waals surface area contributed by atoms with Crippen LogP contribution in [0.15, 0.2) is 28.3 Å². The van der Waals surface area contributed by atoms with Crippen LogP contribution in [0.5, 0.6) is 0 Å². The molecule has 0 aliphatic rings. The highest BCUT2D eigenvalue weighted by molar-refractivity contribution is 6.32. The van der Waals surface area contributed by atoms with Gasteiger partial charge in [0.1, 0.15) is 6.21 Å². The predicted molar refractivity (Wildman–Crippen MR) is 58.5 cm³/mol. The van der Waals surface area contributed by atoms with Crippen LogP contribution in [-0.2, 0) is 0 Å². The van der Waals surface area contributed by atoms with Gasteiger partial charge in [0.05, 0.1) is 5.69 Å². The van der Waals surface area contributed by atoms with Crippen molar-refractivity contribution in [3.63, 3.8) is 0 Å². The molecule has 0 aliphatic heterocycles. The number of aryl methyl sites for hydroxylation is 1. The maximum Gasteiger partial charge on any atom is 0.172 e. The molecule has 0 aliphatic carbocycles. The second kappa shape index (κ2) is 5.33. The number of oxime groups is 1. The van der Waals surface area contributed by atoms with Crippen molar-refractivity contribution in [1.82, 2.24) is 5.48 Å². The minimum absolute atomic E-state index is 0.0115. The van der Waals surface area contributed by atoms with Gasteiger partial charge in [-0.05, 0) is 24.6 Å². The number of aliphatic imine (C=N–C) groups is 1. The first-order valence-electron chi connectivity index (χ1n) is 4.09. The average molecular weight is 228 g/mol. The van der Waals surface area contributed by atoms with Gasteiger partial charge < -0.3 is 5.21 Å². The number of benzene rings is 1. The van der Waals surface area contributed by atoms with Crippen LogP contribution in [0.4, 0.5) is 5.69 Å². The second-order valence-electron chi connectivity index (χ2n) is 2.79. The molecule has 5 nitrogen and oxygen atoms in total. The fraction of sp³-hybridized carbons (Fsp3) is 0.111. The molecule has 0 aromatic heterocycles. The zero-order valence-electron chi connectivity index (χ0n) is 7.98. The average Bonchev–Trinajstić information content (AvgIpc) is 2.23. The van der Waals surface area contributed by atoms with E-state index in [1.165, 1.54) is 0 Å². The van der Waals surface area contributed by atoms with Gasteiger partial charge in [-0.2, -0.15) is 0 Å². The molecule has 1 rings (SSSR count). The monoisotopic (exact) mass is 227 g/mol. The van der Waals surface area contributed by atoms with Crippen molar-refractivity contribution < 1.29 is 10.4 Å². The molecule has 0 amide bonds. The molecular weight excluding hydrogens is 218 g/mol. The van der Waals surface area contributed by atoms with E-state index >= 15 is 0 Å². The molecule has 3 N–H and O–H groups in total. The van der Waals surface area contributed by atoms with Crippen molar-refractivity contribution in [2.75, 3.05) is 0 Å². The molecule has 0 radical (unpaired) electrons. The molecule has 0 spiro atoms. The highest BCUT2D eigenvalue weighted by Crippen LogP contribution is 2.21. The quantitative estimate of drug-likeness (QED) is 0.313. The van der Waals surface area contributed by atoms with E-state index < -0.39 is 0 Å². The number of rotatable bonds is 2. The SMILES string of the molecule is Cc1ccc(N=C(/C=N/O)NO)cc1Cl. The molecule has 1 aromatic rings. The standard InChI is InChI=1S/C9H10ClN3O2/c1-6-2-3-7(4-8(6)10)12-9(13-15)5-11-14/h2-5,14-15H,1H3,(H,12,13)/b11-5+. The Hall–Kier alpha value is -1.59. The maximum absolute atomic E-state index is 8.63. The predicted octanol–water partition coefficient (Wildman–Crippen LogP) is 2.12. The van der Waals surface area contributed by atoms with Gasteiger partial charge in [-0.25, -0.2) is 4.99 Å². The first-order chi connectivity index (χ1) is 7.17. The van der Waals surface area contributed by atoms with E-state index in [-0.39, 0.29) is 5.84 Å². The lowest BCUT2D eigenvalue weighted by molar-refractivity contribution is 0.236. The minimum Gasteiger partial charge on any atom is -0.411 e. The Morgan fingerprint density at radius 1 is 1.53 bits per heavy atom. The normalized spacial score (nSPS) is 12.1. The van der Waals surface area contributed by atoms with Crippen LogP contribution in [0, 0.1) is 6.92 Å². The van der Waals surface area contributed by atoms with Gasteiger partial charge in [0.2, 0.25) is 0 Å². The lowest BCUT2D eigenvalue weighted by Gasteiger charge is -2.00. The summed E-state index contributed by atoms with van der Waals surface area (Å²) < 4.78 is 0. The highest BCUT2D eigenvalue weighted by atomic mass is 35.5. The first-order valence-corrected chi connectivity index (χ1v) is 4.47. The summed E-state index contributed by atoms with van der Waals surface area (Å²) in [6, 6.07) is 5.16. The van der Waals surface area contributed by atoms with Gasteiger partial charge in [0, 0.05) is 5.02 Å².